The van der Waals surface area contributed by atoms with Crippen molar-refractivity contribution in [3.63, 3.8) is 0 Å². The average Bonchev–Trinajstić information content (AvgIpc) is 3.33. The van der Waals surface area contributed by atoms with E-state index in [1.807, 2.05) is 17.0 Å². The van der Waals surface area contributed by atoms with Crippen LogP contribution in [-0.2, 0) is 0 Å². The number of β-amino-alcohol motifs (C(OH)–C–C–N with tert-alkyl or cyclic N) is 1. The molecule has 1 aromatic heterocycles. The van der Waals surface area contributed by atoms with Crippen molar-refractivity contribution in [2.45, 2.75) is 31.3 Å². The first kappa shape index (κ1) is 22.5. The SMILES string of the molecule is CN(C[C@@]1(O)CCCN(c2cnccn2)C1)C(=O)c1cccc(OCCN2CCCC2)c1. The Balaban J connectivity index is 1.33. The van der Waals surface area contributed by atoms with Crippen molar-refractivity contribution < 1.29 is 14.6 Å². The monoisotopic (exact) mass is 439 g/mol. The summed E-state index contributed by atoms with van der Waals surface area (Å²) in [5, 5.41) is 11.2. The number of hydrogen-bond donors (Lipinski definition) is 1. The van der Waals surface area contributed by atoms with E-state index >= 15 is 0 Å². The fourth-order valence-electron chi connectivity index (χ4n) is 4.64. The number of nitrogens with zero attached hydrogens (tertiary/aromatic N) is 5. The van der Waals surface area contributed by atoms with Crippen LogP contribution in [0.1, 0.15) is 36.0 Å². The number of amides is 1. The first-order chi connectivity index (χ1) is 15.5. The van der Waals surface area contributed by atoms with E-state index in [9.17, 15) is 9.90 Å². The molecule has 2 saturated heterocycles. The van der Waals surface area contributed by atoms with E-state index in [-0.39, 0.29) is 12.5 Å². The molecular weight excluding hydrogens is 406 g/mol. The Labute approximate surface area is 189 Å². The number of aromatic nitrogens is 2. The van der Waals surface area contributed by atoms with Crippen molar-refractivity contribution >= 4 is 11.7 Å². The molecule has 2 aliphatic heterocycles. The van der Waals surface area contributed by atoms with Crippen molar-refractivity contribution in [3.05, 3.63) is 48.4 Å². The van der Waals surface area contributed by atoms with Crippen LogP contribution in [0, 0.1) is 0 Å². The standard InChI is InChI=1S/C24H33N5O3/c1-27(18-24(31)8-5-13-29(19-24)22-17-25-9-10-26-22)23(30)20-6-4-7-21(16-20)32-15-14-28-11-2-3-12-28/h4,6-7,9-10,16-17,31H,2-3,5,8,11-15,18-19H2,1H3/t24-/m0/s1. The number of aliphatic hydroxyl groups is 1. The quantitative estimate of drug-likeness (QED) is 0.674. The summed E-state index contributed by atoms with van der Waals surface area (Å²) in [6, 6.07) is 7.31. The van der Waals surface area contributed by atoms with E-state index < -0.39 is 5.60 Å². The van der Waals surface area contributed by atoms with E-state index in [0.29, 0.717) is 30.9 Å². The van der Waals surface area contributed by atoms with Gasteiger partial charge in [0.25, 0.3) is 5.91 Å². The highest BCUT2D eigenvalue weighted by Gasteiger charge is 2.36. The number of likely N-dealkylation sites (N-methyl/N-ethyl adjacent to an activating group) is 1. The molecule has 2 aliphatic rings. The molecule has 0 spiro atoms. The van der Waals surface area contributed by atoms with Crippen LogP contribution in [0.15, 0.2) is 42.9 Å². The molecule has 8 heteroatoms. The number of anilines is 1. The van der Waals surface area contributed by atoms with Gasteiger partial charge in [0.05, 0.1) is 18.3 Å². The molecule has 1 atom stereocenters. The van der Waals surface area contributed by atoms with Gasteiger partial charge < -0.3 is 19.6 Å². The van der Waals surface area contributed by atoms with Gasteiger partial charge in [-0.3, -0.25) is 14.7 Å². The lowest BCUT2D eigenvalue weighted by atomic mass is 9.92. The molecule has 0 bridgehead atoms. The van der Waals surface area contributed by atoms with Gasteiger partial charge in [0.2, 0.25) is 0 Å². The summed E-state index contributed by atoms with van der Waals surface area (Å²) < 4.78 is 5.89. The Kier molecular flexibility index (Phi) is 7.22. The molecule has 8 nitrogen and oxygen atoms in total. The number of ether oxygens (including phenoxy) is 1. The zero-order valence-electron chi connectivity index (χ0n) is 18.8. The second-order valence-electron chi connectivity index (χ2n) is 8.90. The Morgan fingerprint density at radius 2 is 2.06 bits per heavy atom. The fourth-order valence-corrected chi connectivity index (χ4v) is 4.64. The lowest BCUT2D eigenvalue weighted by Crippen LogP contribution is -2.54. The molecule has 3 heterocycles. The van der Waals surface area contributed by atoms with E-state index in [1.54, 1.807) is 42.7 Å². The van der Waals surface area contributed by atoms with Crippen LogP contribution in [0.2, 0.25) is 0 Å². The largest absolute Gasteiger partial charge is 0.492 e. The summed E-state index contributed by atoms with van der Waals surface area (Å²) in [5.41, 5.74) is -0.430. The molecule has 0 aliphatic carbocycles. The third-order valence-corrected chi connectivity index (χ3v) is 6.26. The number of benzene rings is 1. The Hall–Kier alpha value is -2.71. The molecule has 32 heavy (non-hydrogen) atoms. The summed E-state index contributed by atoms with van der Waals surface area (Å²) in [4.78, 5) is 27.6. The molecule has 0 unspecified atom stereocenters. The summed E-state index contributed by atoms with van der Waals surface area (Å²) in [6.45, 7) is 5.30. The maximum absolute atomic E-state index is 13.1. The van der Waals surface area contributed by atoms with Crippen molar-refractivity contribution in [2.75, 3.05) is 57.8 Å². The molecule has 0 radical (unpaired) electrons. The van der Waals surface area contributed by atoms with Gasteiger partial charge in [0.1, 0.15) is 18.2 Å². The van der Waals surface area contributed by atoms with Crippen LogP contribution in [0.25, 0.3) is 0 Å². The van der Waals surface area contributed by atoms with E-state index in [1.165, 1.54) is 12.8 Å². The smallest absolute Gasteiger partial charge is 0.253 e. The van der Waals surface area contributed by atoms with E-state index in [0.717, 1.165) is 38.4 Å². The molecule has 1 aromatic carbocycles. The predicted molar refractivity (Wildman–Crippen MR) is 123 cm³/mol. The second-order valence-corrected chi connectivity index (χ2v) is 8.90. The zero-order valence-corrected chi connectivity index (χ0v) is 18.8. The van der Waals surface area contributed by atoms with E-state index in [2.05, 4.69) is 14.9 Å². The van der Waals surface area contributed by atoms with Crippen LogP contribution >= 0.6 is 0 Å². The molecule has 2 fully saturated rings. The highest BCUT2D eigenvalue weighted by Crippen LogP contribution is 2.26. The maximum atomic E-state index is 13.1. The molecule has 1 amide bonds. The highest BCUT2D eigenvalue weighted by molar-refractivity contribution is 5.94. The normalized spacial score (nSPS) is 21.5. The molecule has 1 N–H and O–H groups in total. The van der Waals surface area contributed by atoms with Gasteiger partial charge in [-0.1, -0.05) is 6.07 Å². The summed E-state index contributed by atoms with van der Waals surface area (Å²) in [6.07, 6.45) is 8.99. The third-order valence-electron chi connectivity index (χ3n) is 6.26. The number of piperidine rings is 1. The Bertz CT molecular complexity index is 890. The van der Waals surface area contributed by atoms with Crippen LogP contribution in [-0.4, -0.2) is 89.3 Å². The van der Waals surface area contributed by atoms with Crippen molar-refractivity contribution in [3.8, 4) is 5.75 Å². The molecule has 0 saturated carbocycles. The van der Waals surface area contributed by atoms with Gasteiger partial charge >= 0.3 is 0 Å². The molecular formula is C24H33N5O3. The predicted octanol–water partition coefficient (Wildman–Crippen LogP) is 2.05. The summed E-state index contributed by atoms with van der Waals surface area (Å²) in [5.74, 6) is 1.33. The van der Waals surface area contributed by atoms with E-state index in [4.69, 9.17) is 4.74 Å². The molecule has 172 valence electrons. The number of likely N-dealkylation sites (tertiary alicyclic amines) is 1. The zero-order chi connectivity index (χ0) is 22.4. The van der Waals surface area contributed by atoms with Crippen molar-refractivity contribution in [2.24, 2.45) is 0 Å². The highest BCUT2D eigenvalue weighted by atomic mass is 16.5. The summed E-state index contributed by atoms with van der Waals surface area (Å²) in [7, 11) is 1.74. The minimum Gasteiger partial charge on any atom is -0.492 e. The van der Waals surface area contributed by atoms with Gasteiger partial charge in [-0.2, -0.15) is 0 Å². The third kappa shape index (κ3) is 5.75. The Morgan fingerprint density at radius 3 is 2.84 bits per heavy atom. The van der Waals surface area contributed by atoms with Crippen LogP contribution < -0.4 is 9.64 Å². The van der Waals surface area contributed by atoms with Gasteiger partial charge in [-0.05, 0) is 57.0 Å². The number of rotatable bonds is 8. The van der Waals surface area contributed by atoms with Crippen LogP contribution in [0.4, 0.5) is 5.82 Å². The van der Waals surface area contributed by atoms with Gasteiger partial charge in [-0.25, -0.2) is 4.98 Å². The fraction of sp³-hybridized carbons (Fsp3) is 0.542. The van der Waals surface area contributed by atoms with Gasteiger partial charge in [0.15, 0.2) is 0 Å². The van der Waals surface area contributed by atoms with Gasteiger partial charge in [0, 0.05) is 44.6 Å². The second kappa shape index (κ2) is 10.3. The topological polar surface area (TPSA) is 82.0 Å². The van der Waals surface area contributed by atoms with Crippen LogP contribution in [0.5, 0.6) is 5.75 Å². The minimum absolute atomic E-state index is 0.125. The first-order valence-corrected chi connectivity index (χ1v) is 11.5. The maximum Gasteiger partial charge on any atom is 0.253 e. The average molecular weight is 440 g/mol. The number of hydrogen-bond acceptors (Lipinski definition) is 7. The summed E-state index contributed by atoms with van der Waals surface area (Å²) >= 11 is 0. The van der Waals surface area contributed by atoms with Crippen LogP contribution in [0.3, 0.4) is 0 Å². The first-order valence-electron chi connectivity index (χ1n) is 11.5. The minimum atomic E-state index is -0.996. The number of carbonyl (C=O) groups is 1. The van der Waals surface area contributed by atoms with Crippen molar-refractivity contribution in [1.82, 2.24) is 19.8 Å². The lowest BCUT2D eigenvalue weighted by molar-refractivity contribution is -0.000150. The Morgan fingerprint density at radius 1 is 1.22 bits per heavy atom. The van der Waals surface area contributed by atoms with Crippen molar-refractivity contribution in [1.29, 1.82) is 0 Å². The van der Waals surface area contributed by atoms with Gasteiger partial charge in [-0.15, -0.1) is 0 Å². The lowest BCUT2D eigenvalue weighted by Gasteiger charge is -2.41. The number of carbonyl (C=O) groups excluding carboxylic acids is 1. The molecule has 4 rings (SSSR count). The molecule has 2 aromatic rings.